The van der Waals surface area contributed by atoms with Gasteiger partial charge in [0.05, 0.1) is 5.69 Å². The standard InChI is InChI=1S/C24H26N2O/c1-15-20-19(14-18-21(20)24(18,2)3)26(25-15)22(16-10-6-4-7-11-16)23(27)17-12-8-5-9-13-17/h4-13,18,21-23,27H,14H2,1-3H3/t18-,21-,22-,23+/m1/s1. The van der Waals surface area contributed by atoms with Gasteiger partial charge in [0, 0.05) is 11.3 Å². The second kappa shape index (κ2) is 5.80. The molecule has 1 N–H and O–H groups in total. The summed E-state index contributed by atoms with van der Waals surface area (Å²) in [6.45, 7) is 6.87. The molecule has 0 unspecified atom stereocenters. The summed E-state index contributed by atoms with van der Waals surface area (Å²) in [6.07, 6.45) is 0.431. The fourth-order valence-electron chi connectivity index (χ4n) is 5.29. The van der Waals surface area contributed by atoms with Crippen molar-refractivity contribution in [1.82, 2.24) is 9.78 Å². The van der Waals surface area contributed by atoms with Crippen LogP contribution in [0.4, 0.5) is 0 Å². The molecule has 3 heteroatoms. The van der Waals surface area contributed by atoms with Crippen LogP contribution in [0.5, 0.6) is 0 Å². The van der Waals surface area contributed by atoms with E-state index in [2.05, 4.69) is 37.6 Å². The highest BCUT2D eigenvalue weighted by Crippen LogP contribution is 2.70. The first kappa shape index (κ1) is 16.8. The lowest BCUT2D eigenvalue weighted by molar-refractivity contribution is 0.123. The van der Waals surface area contributed by atoms with Crippen molar-refractivity contribution in [1.29, 1.82) is 0 Å². The average molecular weight is 358 g/mol. The van der Waals surface area contributed by atoms with E-state index in [1.54, 1.807) is 0 Å². The molecule has 0 bridgehead atoms. The highest BCUT2D eigenvalue weighted by Gasteiger charge is 2.64. The van der Waals surface area contributed by atoms with Crippen LogP contribution in [0, 0.1) is 18.3 Å². The SMILES string of the molecule is Cc1nn([C@H](c2ccccc2)[C@@H](O)c2ccccc2)c2c1[C@H]1[C@@H](C2)C1(C)C. The summed E-state index contributed by atoms with van der Waals surface area (Å²) < 4.78 is 2.12. The Morgan fingerprint density at radius 3 is 2.22 bits per heavy atom. The quantitative estimate of drug-likeness (QED) is 0.727. The molecular weight excluding hydrogens is 332 g/mol. The van der Waals surface area contributed by atoms with Gasteiger partial charge >= 0.3 is 0 Å². The Hall–Kier alpha value is -2.39. The molecule has 27 heavy (non-hydrogen) atoms. The normalized spacial score (nSPS) is 24.1. The minimum atomic E-state index is -0.637. The lowest BCUT2D eigenvalue weighted by Crippen LogP contribution is -2.23. The number of fused-ring (bicyclic) bond motifs is 3. The zero-order chi connectivity index (χ0) is 18.8. The number of rotatable bonds is 4. The minimum absolute atomic E-state index is 0.211. The van der Waals surface area contributed by atoms with Crippen LogP contribution in [0.3, 0.4) is 0 Å². The summed E-state index contributed by atoms with van der Waals surface area (Å²) in [6, 6.07) is 20.0. The summed E-state index contributed by atoms with van der Waals surface area (Å²) in [5.74, 6) is 1.35. The maximum Gasteiger partial charge on any atom is 0.107 e. The van der Waals surface area contributed by atoms with E-state index >= 15 is 0 Å². The van der Waals surface area contributed by atoms with Gasteiger partial charge in [-0.15, -0.1) is 0 Å². The Labute approximate surface area is 160 Å². The largest absolute Gasteiger partial charge is 0.386 e. The third-order valence-corrected chi connectivity index (χ3v) is 6.85. The Bertz CT molecular complexity index is 974. The Balaban J connectivity index is 1.63. The molecular formula is C24H26N2O. The maximum absolute atomic E-state index is 11.3. The highest BCUT2D eigenvalue weighted by molar-refractivity contribution is 5.46. The van der Waals surface area contributed by atoms with Crippen molar-refractivity contribution in [3.05, 3.63) is 88.7 Å². The molecule has 3 nitrogen and oxygen atoms in total. The van der Waals surface area contributed by atoms with Crippen molar-refractivity contribution in [3.63, 3.8) is 0 Å². The Kier molecular flexibility index (Phi) is 3.60. The van der Waals surface area contributed by atoms with Gasteiger partial charge in [0.1, 0.15) is 12.1 Å². The number of aromatic nitrogens is 2. The maximum atomic E-state index is 11.3. The lowest BCUT2D eigenvalue weighted by Gasteiger charge is -2.26. The van der Waals surface area contributed by atoms with Gasteiger partial charge in [-0.1, -0.05) is 74.5 Å². The number of aryl methyl sites for hydroxylation is 1. The molecule has 0 spiro atoms. The molecule has 2 aliphatic rings. The number of hydrogen-bond acceptors (Lipinski definition) is 2. The molecule has 0 aliphatic heterocycles. The van der Waals surface area contributed by atoms with Gasteiger partial charge in [-0.05, 0) is 41.7 Å². The Morgan fingerprint density at radius 2 is 1.59 bits per heavy atom. The first-order valence-corrected chi connectivity index (χ1v) is 9.86. The van der Waals surface area contributed by atoms with Crippen molar-refractivity contribution < 1.29 is 5.11 Å². The fourth-order valence-corrected chi connectivity index (χ4v) is 5.29. The number of aliphatic hydroxyl groups excluding tert-OH is 1. The van der Waals surface area contributed by atoms with Gasteiger partial charge < -0.3 is 5.11 Å². The van der Waals surface area contributed by atoms with Crippen LogP contribution in [0.25, 0.3) is 0 Å². The summed E-state index contributed by atoms with van der Waals surface area (Å²) in [5, 5.41) is 16.3. The molecule has 2 aliphatic carbocycles. The van der Waals surface area contributed by atoms with E-state index in [1.807, 2.05) is 48.5 Å². The van der Waals surface area contributed by atoms with Crippen LogP contribution in [-0.2, 0) is 6.42 Å². The van der Waals surface area contributed by atoms with Crippen molar-refractivity contribution in [3.8, 4) is 0 Å². The molecule has 1 aromatic heterocycles. The van der Waals surface area contributed by atoms with E-state index in [4.69, 9.17) is 5.10 Å². The highest BCUT2D eigenvalue weighted by atomic mass is 16.3. The molecule has 0 radical (unpaired) electrons. The van der Waals surface area contributed by atoms with Crippen LogP contribution in [0.1, 0.15) is 60.0 Å². The van der Waals surface area contributed by atoms with E-state index < -0.39 is 6.10 Å². The molecule has 5 rings (SSSR count). The zero-order valence-electron chi connectivity index (χ0n) is 16.1. The smallest absolute Gasteiger partial charge is 0.107 e. The lowest BCUT2D eigenvalue weighted by atomic mass is 9.94. The first-order chi connectivity index (χ1) is 13.0. The van der Waals surface area contributed by atoms with Crippen molar-refractivity contribution in [2.75, 3.05) is 0 Å². The molecule has 138 valence electrons. The third kappa shape index (κ3) is 2.41. The number of benzene rings is 2. The predicted octanol–water partition coefficient (Wildman–Crippen LogP) is 4.81. The van der Waals surface area contributed by atoms with Gasteiger partial charge in [-0.3, -0.25) is 4.68 Å². The van der Waals surface area contributed by atoms with E-state index in [0.717, 1.165) is 29.2 Å². The van der Waals surface area contributed by atoms with Crippen LogP contribution < -0.4 is 0 Å². The number of hydrogen-bond donors (Lipinski definition) is 1. The van der Waals surface area contributed by atoms with Gasteiger partial charge in [-0.2, -0.15) is 5.10 Å². The monoisotopic (exact) mass is 358 g/mol. The number of nitrogens with zero attached hydrogens (tertiary/aromatic N) is 2. The van der Waals surface area contributed by atoms with Crippen LogP contribution in [-0.4, -0.2) is 14.9 Å². The summed E-state index contributed by atoms with van der Waals surface area (Å²) in [4.78, 5) is 0. The first-order valence-electron chi connectivity index (χ1n) is 9.86. The van der Waals surface area contributed by atoms with Crippen LogP contribution in [0.15, 0.2) is 60.7 Å². The molecule has 3 aromatic rings. The van der Waals surface area contributed by atoms with E-state index in [-0.39, 0.29) is 6.04 Å². The number of aliphatic hydroxyl groups is 1. The fraction of sp³-hybridized carbons (Fsp3) is 0.375. The molecule has 2 aromatic carbocycles. The second-order valence-electron chi connectivity index (χ2n) is 8.71. The van der Waals surface area contributed by atoms with Gasteiger partial charge in [0.2, 0.25) is 0 Å². The van der Waals surface area contributed by atoms with E-state index in [1.165, 1.54) is 11.3 Å². The summed E-state index contributed by atoms with van der Waals surface area (Å²) in [7, 11) is 0. The zero-order valence-corrected chi connectivity index (χ0v) is 16.1. The van der Waals surface area contributed by atoms with Crippen molar-refractivity contribution in [2.45, 2.75) is 45.3 Å². The van der Waals surface area contributed by atoms with Crippen molar-refractivity contribution >= 4 is 0 Å². The topological polar surface area (TPSA) is 38.0 Å². The Morgan fingerprint density at radius 1 is 1.00 bits per heavy atom. The molecule has 1 heterocycles. The minimum Gasteiger partial charge on any atom is -0.386 e. The van der Waals surface area contributed by atoms with Crippen LogP contribution >= 0.6 is 0 Å². The van der Waals surface area contributed by atoms with E-state index in [0.29, 0.717) is 11.3 Å². The van der Waals surface area contributed by atoms with Crippen LogP contribution in [0.2, 0.25) is 0 Å². The van der Waals surface area contributed by atoms with Gasteiger partial charge in [-0.25, -0.2) is 0 Å². The summed E-state index contributed by atoms with van der Waals surface area (Å²) in [5.41, 5.74) is 6.31. The molecule has 4 atom stereocenters. The molecule has 0 amide bonds. The molecule has 1 fully saturated rings. The van der Waals surface area contributed by atoms with Crippen molar-refractivity contribution in [2.24, 2.45) is 11.3 Å². The average Bonchev–Trinajstić information content (AvgIpc) is 3.01. The van der Waals surface area contributed by atoms with E-state index in [9.17, 15) is 5.11 Å². The van der Waals surface area contributed by atoms with Gasteiger partial charge in [0.25, 0.3) is 0 Å². The summed E-state index contributed by atoms with van der Waals surface area (Å²) >= 11 is 0. The molecule has 0 saturated heterocycles. The molecule has 1 saturated carbocycles. The third-order valence-electron chi connectivity index (χ3n) is 6.85. The van der Waals surface area contributed by atoms with Gasteiger partial charge in [0.15, 0.2) is 0 Å². The second-order valence-corrected chi connectivity index (χ2v) is 8.71. The predicted molar refractivity (Wildman–Crippen MR) is 107 cm³/mol.